The molecule has 15 N–H and O–H groups in total. The van der Waals surface area contributed by atoms with E-state index in [1.54, 1.807) is 0 Å². The van der Waals surface area contributed by atoms with E-state index in [1.165, 1.54) is 0 Å². The van der Waals surface area contributed by atoms with Crippen molar-refractivity contribution in [3.8, 4) is 0 Å². The Labute approximate surface area is 185 Å². The van der Waals surface area contributed by atoms with Crippen LogP contribution in [-0.2, 0) is 18.9 Å². The molecule has 32 heavy (non-hydrogen) atoms. The Balaban J connectivity index is 1.70. The van der Waals surface area contributed by atoms with Gasteiger partial charge in [-0.15, -0.1) is 0 Å². The summed E-state index contributed by atoms with van der Waals surface area (Å²) in [6, 6.07) is -3.27. The van der Waals surface area contributed by atoms with Gasteiger partial charge in [-0.3, -0.25) is 0 Å². The summed E-state index contributed by atoms with van der Waals surface area (Å²) in [5.41, 5.74) is 29.8. The molecule has 0 aromatic carbocycles. The van der Waals surface area contributed by atoms with Crippen molar-refractivity contribution in [2.24, 2.45) is 28.7 Å². The van der Waals surface area contributed by atoms with Gasteiger partial charge in [-0.2, -0.15) is 0 Å². The van der Waals surface area contributed by atoms with E-state index in [2.05, 4.69) is 0 Å². The first-order valence-electron chi connectivity index (χ1n) is 10.8. The molecule has 3 rings (SSSR count). The average molecular weight is 468 g/mol. The van der Waals surface area contributed by atoms with Gasteiger partial charge < -0.3 is 73.1 Å². The minimum atomic E-state index is -1.44. The molecule has 0 aromatic rings. The molecule has 0 amide bonds. The minimum Gasteiger partial charge on any atom is -0.394 e. The van der Waals surface area contributed by atoms with Crippen molar-refractivity contribution in [2.45, 2.75) is 98.4 Å². The van der Waals surface area contributed by atoms with E-state index in [0.717, 1.165) is 0 Å². The highest BCUT2D eigenvalue weighted by molar-refractivity contribution is 5.01. The van der Waals surface area contributed by atoms with Gasteiger partial charge >= 0.3 is 0 Å². The van der Waals surface area contributed by atoms with Gasteiger partial charge in [0.2, 0.25) is 0 Å². The standard InChI is InChI=1S/C18H37N5O9/c19-3-9-8(25)2-7(22)17(29-9)31-15-5(20)1-6(21)16(14(15)28)32-18-13(27)11(23)12(26)10(4-24)30-18/h5-18,24-28H,1-4,19-23H2/t5-,6-,7-,8+,9+,10+,11+,12-,13-,14+,15-,16+,17-,18-/m1/s1. The Morgan fingerprint density at radius 3 is 1.84 bits per heavy atom. The molecule has 14 atom stereocenters. The van der Waals surface area contributed by atoms with E-state index in [1.807, 2.05) is 0 Å². The lowest BCUT2D eigenvalue weighted by Crippen LogP contribution is -2.68. The molecule has 14 heteroatoms. The highest BCUT2D eigenvalue weighted by Gasteiger charge is 2.50. The van der Waals surface area contributed by atoms with Gasteiger partial charge in [0, 0.05) is 18.6 Å². The smallest absolute Gasteiger partial charge is 0.186 e. The Kier molecular flexibility index (Phi) is 8.79. The SMILES string of the molecule is NC[C@@H]1O[C@H](O[C@H]2[C@H](O)[C@@H](O[C@H]3O[C@@H](CO)[C@@H](O)[C@H](N)[C@H]3O)[C@H](N)C[C@H]2N)[C@H](N)C[C@@H]1O. The second-order valence-corrected chi connectivity index (χ2v) is 8.78. The largest absolute Gasteiger partial charge is 0.394 e. The number of rotatable bonds is 6. The Bertz CT molecular complexity index is 607. The molecule has 0 spiro atoms. The Morgan fingerprint density at radius 2 is 1.28 bits per heavy atom. The van der Waals surface area contributed by atoms with Crippen LogP contribution < -0.4 is 28.7 Å². The molecule has 1 saturated carbocycles. The quantitative estimate of drug-likeness (QED) is 0.174. The third-order valence-corrected chi connectivity index (χ3v) is 6.41. The van der Waals surface area contributed by atoms with Gasteiger partial charge in [-0.25, -0.2) is 0 Å². The zero-order chi connectivity index (χ0) is 23.7. The monoisotopic (exact) mass is 467 g/mol. The van der Waals surface area contributed by atoms with E-state index in [0.29, 0.717) is 0 Å². The molecule has 2 saturated heterocycles. The Morgan fingerprint density at radius 1 is 0.719 bits per heavy atom. The zero-order valence-electron chi connectivity index (χ0n) is 17.7. The maximum absolute atomic E-state index is 11.0. The minimum absolute atomic E-state index is 0.0542. The summed E-state index contributed by atoms with van der Waals surface area (Å²) in [5.74, 6) is 0. The second-order valence-electron chi connectivity index (χ2n) is 8.78. The van der Waals surface area contributed by atoms with Crippen LogP contribution in [0.2, 0.25) is 0 Å². The molecular weight excluding hydrogens is 430 g/mol. The lowest BCUT2D eigenvalue weighted by Gasteiger charge is -2.47. The van der Waals surface area contributed by atoms with Crippen molar-refractivity contribution in [1.29, 1.82) is 0 Å². The van der Waals surface area contributed by atoms with E-state index in [4.69, 9.17) is 47.6 Å². The molecule has 0 radical (unpaired) electrons. The normalized spacial score (nSPS) is 52.7. The van der Waals surface area contributed by atoms with E-state index >= 15 is 0 Å². The van der Waals surface area contributed by atoms with Crippen LogP contribution in [-0.4, -0.2) is 124 Å². The number of aliphatic hydroxyl groups excluding tert-OH is 5. The van der Waals surface area contributed by atoms with E-state index < -0.39 is 92.2 Å². The van der Waals surface area contributed by atoms with Crippen LogP contribution in [0.3, 0.4) is 0 Å². The molecule has 1 aliphatic carbocycles. The maximum atomic E-state index is 11.0. The molecule has 0 bridgehead atoms. The summed E-state index contributed by atoms with van der Waals surface area (Å²) < 4.78 is 22.7. The first kappa shape index (κ1) is 26.1. The summed E-state index contributed by atoms with van der Waals surface area (Å²) in [4.78, 5) is 0. The summed E-state index contributed by atoms with van der Waals surface area (Å²) in [5, 5.41) is 50.7. The maximum Gasteiger partial charge on any atom is 0.186 e. The van der Waals surface area contributed by atoms with Gasteiger partial charge in [-0.1, -0.05) is 0 Å². The molecule has 0 aromatic heterocycles. The predicted octanol–water partition coefficient (Wildman–Crippen LogP) is -6.30. The molecule has 3 fully saturated rings. The molecule has 0 unspecified atom stereocenters. The van der Waals surface area contributed by atoms with Crippen LogP contribution in [0.15, 0.2) is 0 Å². The van der Waals surface area contributed by atoms with Crippen LogP contribution in [0.25, 0.3) is 0 Å². The topological polar surface area (TPSA) is 268 Å². The van der Waals surface area contributed by atoms with Crippen LogP contribution in [0.5, 0.6) is 0 Å². The highest BCUT2D eigenvalue weighted by atomic mass is 16.7. The summed E-state index contributed by atoms with van der Waals surface area (Å²) in [6.45, 7) is -0.499. The van der Waals surface area contributed by atoms with Gasteiger partial charge in [0.25, 0.3) is 0 Å². The lowest BCUT2D eigenvalue weighted by molar-refractivity contribution is -0.314. The van der Waals surface area contributed by atoms with Crippen LogP contribution in [0, 0.1) is 0 Å². The molecule has 3 aliphatic rings. The van der Waals surface area contributed by atoms with Gasteiger partial charge in [-0.05, 0) is 12.8 Å². The fourth-order valence-corrected chi connectivity index (χ4v) is 4.43. The molecule has 188 valence electrons. The summed E-state index contributed by atoms with van der Waals surface area (Å²) in [6.07, 6.45) is -10.8. The predicted molar refractivity (Wildman–Crippen MR) is 108 cm³/mol. The van der Waals surface area contributed by atoms with Gasteiger partial charge in [0.1, 0.15) is 36.6 Å². The third kappa shape index (κ3) is 5.24. The summed E-state index contributed by atoms with van der Waals surface area (Å²) >= 11 is 0. The number of ether oxygens (including phenoxy) is 4. The second kappa shape index (κ2) is 10.8. The molecule has 14 nitrogen and oxygen atoms in total. The number of hydrogen-bond acceptors (Lipinski definition) is 14. The highest BCUT2D eigenvalue weighted by Crippen LogP contribution is 2.30. The lowest BCUT2D eigenvalue weighted by atomic mass is 9.84. The van der Waals surface area contributed by atoms with Crippen molar-refractivity contribution in [1.82, 2.24) is 0 Å². The first-order valence-corrected chi connectivity index (χ1v) is 10.8. The van der Waals surface area contributed by atoms with Crippen molar-refractivity contribution in [2.75, 3.05) is 13.2 Å². The molecular formula is C18H37N5O9. The van der Waals surface area contributed by atoms with Crippen molar-refractivity contribution in [3.05, 3.63) is 0 Å². The summed E-state index contributed by atoms with van der Waals surface area (Å²) in [7, 11) is 0. The molecule has 2 heterocycles. The fraction of sp³-hybridized carbons (Fsp3) is 1.00. The fourth-order valence-electron chi connectivity index (χ4n) is 4.43. The number of aliphatic hydroxyl groups is 5. The first-order chi connectivity index (χ1) is 15.1. The van der Waals surface area contributed by atoms with Crippen molar-refractivity contribution < 1.29 is 44.5 Å². The van der Waals surface area contributed by atoms with Crippen molar-refractivity contribution >= 4 is 0 Å². The zero-order valence-corrected chi connectivity index (χ0v) is 17.7. The van der Waals surface area contributed by atoms with Crippen LogP contribution in [0.1, 0.15) is 12.8 Å². The van der Waals surface area contributed by atoms with E-state index in [9.17, 15) is 25.5 Å². The number of hydrogen-bond donors (Lipinski definition) is 10. The number of nitrogens with two attached hydrogens (primary N) is 5. The third-order valence-electron chi connectivity index (χ3n) is 6.41. The van der Waals surface area contributed by atoms with Gasteiger partial charge in [0.05, 0.1) is 30.9 Å². The Hall–Kier alpha value is -0.560. The molecule has 2 aliphatic heterocycles. The van der Waals surface area contributed by atoms with Gasteiger partial charge in [0.15, 0.2) is 12.6 Å². The van der Waals surface area contributed by atoms with Crippen molar-refractivity contribution in [3.63, 3.8) is 0 Å². The van der Waals surface area contributed by atoms with Crippen LogP contribution in [0.4, 0.5) is 0 Å². The average Bonchev–Trinajstić information content (AvgIpc) is 2.75. The van der Waals surface area contributed by atoms with E-state index in [-0.39, 0.29) is 19.4 Å². The van der Waals surface area contributed by atoms with Crippen LogP contribution >= 0.6 is 0 Å².